The number of unbranched alkanes of at least 4 members (excludes halogenated alkanes) is 17. The Kier molecular flexibility index (Phi) is 18.3. The topological polar surface area (TPSA) is 0 Å². The monoisotopic (exact) mass is 458 g/mol. The van der Waals surface area contributed by atoms with Crippen LogP contribution in [-0.2, 0) is 0 Å². The second-order valence-corrected chi connectivity index (χ2v) is 11.3. The van der Waals surface area contributed by atoms with Crippen molar-refractivity contribution in [3.05, 3.63) is 22.8 Å². The second kappa shape index (κ2) is 19.8. The van der Waals surface area contributed by atoms with Gasteiger partial charge in [0.1, 0.15) is 0 Å². The zero-order valence-electron chi connectivity index (χ0n) is 23.8. The summed E-state index contributed by atoms with van der Waals surface area (Å²) in [5.41, 5.74) is 5.52. The third kappa shape index (κ3) is 12.7. The van der Waals surface area contributed by atoms with Crippen molar-refractivity contribution in [3.8, 4) is 0 Å². The molecule has 0 saturated heterocycles. The first-order valence-electron chi connectivity index (χ1n) is 15.5. The van der Waals surface area contributed by atoms with Crippen LogP contribution in [0.4, 0.5) is 0 Å². The number of hydrogen-bond acceptors (Lipinski definition) is 0. The SMILES string of the molecule is CCCCCCCCCCC1=C(C)C(C)=CC1(CCCCCCCC)CCCCCCCC. The van der Waals surface area contributed by atoms with Crippen LogP contribution in [0.5, 0.6) is 0 Å². The quantitative estimate of drug-likeness (QED) is 0.133. The van der Waals surface area contributed by atoms with Crippen LogP contribution >= 0.6 is 0 Å². The molecule has 0 heterocycles. The summed E-state index contributed by atoms with van der Waals surface area (Å²) in [5.74, 6) is 0. The van der Waals surface area contributed by atoms with Crippen molar-refractivity contribution in [3.63, 3.8) is 0 Å². The summed E-state index contributed by atoms with van der Waals surface area (Å²) in [6.07, 6.45) is 35.4. The molecule has 0 nitrogen and oxygen atoms in total. The lowest BCUT2D eigenvalue weighted by molar-refractivity contribution is 0.342. The van der Waals surface area contributed by atoms with E-state index in [2.05, 4.69) is 40.7 Å². The summed E-state index contributed by atoms with van der Waals surface area (Å²) < 4.78 is 0. The van der Waals surface area contributed by atoms with Crippen molar-refractivity contribution in [2.45, 2.75) is 182 Å². The van der Waals surface area contributed by atoms with E-state index in [9.17, 15) is 0 Å². The largest absolute Gasteiger partial charge is 0.0710 e. The van der Waals surface area contributed by atoms with Gasteiger partial charge in [-0.2, -0.15) is 0 Å². The molecule has 0 unspecified atom stereocenters. The Morgan fingerprint density at radius 2 is 0.848 bits per heavy atom. The van der Waals surface area contributed by atoms with E-state index in [1.807, 2.05) is 5.57 Å². The molecular formula is C33H62. The summed E-state index contributed by atoms with van der Waals surface area (Å²) in [4.78, 5) is 0. The fraction of sp³-hybridized carbons (Fsp3) is 0.879. The molecule has 0 radical (unpaired) electrons. The first-order chi connectivity index (χ1) is 16.1. The lowest BCUT2D eigenvalue weighted by Gasteiger charge is -2.33. The van der Waals surface area contributed by atoms with Crippen molar-refractivity contribution in [2.24, 2.45) is 5.41 Å². The molecule has 0 heteroatoms. The molecule has 33 heavy (non-hydrogen) atoms. The Bertz CT molecular complexity index is 504. The van der Waals surface area contributed by atoms with Gasteiger partial charge >= 0.3 is 0 Å². The maximum Gasteiger partial charge on any atom is 0.0102 e. The third-order valence-electron chi connectivity index (χ3n) is 8.37. The zero-order valence-corrected chi connectivity index (χ0v) is 23.8. The predicted molar refractivity (Wildman–Crippen MR) is 152 cm³/mol. The molecule has 0 saturated carbocycles. The average molecular weight is 459 g/mol. The molecular weight excluding hydrogens is 396 g/mol. The van der Waals surface area contributed by atoms with Gasteiger partial charge in [-0.3, -0.25) is 0 Å². The van der Waals surface area contributed by atoms with Crippen LogP contribution in [0.1, 0.15) is 182 Å². The summed E-state index contributed by atoms with van der Waals surface area (Å²) in [6.45, 7) is 11.8. The van der Waals surface area contributed by atoms with Crippen molar-refractivity contribution in [1.82, 2.24) is 0 Å². The lowest BCUT2D eigenvalue weighted by atomic mass is 9.72. The van der Waals surface area contributed by atoms with Gasteiger partial charge < -0.3 is 0 Å². The Hall–Kier alpha value is -0.520. The molecule has 0 aromatic carbocycles. The fourth-order valence-corrected chi connectivity index (χ4v) is 6.11. The Morgan fingerprint density at radius 1 is 0.485 bits per heavy atom. The number of rotatable bonds is 23. The van der Waals surface area contributed by atoms with Gasteiger partial charge in [0, 0.05) is 5.41 Å². The van der Waals surface area contributed by atoms with Gasteiger partial charge in [-0.05, 0) is 45.1 Å². The summed E-state index contributed by atoms with van der Waals surface area (Å²) in [7, 11) is 0. The molecule has 0 amide bonds. The first-order valence-corrected chi connectivity index (χ1v) is 15.5. The van der Waals surface area contributed by atoms with Crippen LogP contribution in [0.3, 0.4) is 0 Å². The minimum Gasteiger partial charge on any atom is -0.0710 e. The second-order valence-electron chi connectivity index (χ2n) is 11.3. The van der Waals surface area contributed by atoms with Gasteiger partial charge in [-0.25, -0.2) is 0 Å². The molecule has 0 spiro atoms. The third-order valence-corrected chi connectivity index (χ3v) is 8.37. The van der Waals surface area contributed by atoms with Crippen molar-refractivity contribution in [2.75, 3.05) is 0 Å². The van der Waals surface area contributed by atoms with Crippen molar-refractivity contribution in [1.29, 1.82) is 0 Å². The molecule has 0 fully saturated rings. The normalized spacial score (nSPS) is 15.5. The van der Waals surface area contributed by atoms with Crippen molar-refractivity contribution < 1.29 is 0 Å². The highest BCUT2D eigenvalue weighted by molar-refractivity contribution is 5.46. The standard InChI is InChI=1S/C33H62/c1-6-9-12-15-18-19-20-23-26-32-31(5)30(4)29-33(32,27-24-21-16-13-10-7-2)28-25-22-17-14-11-8-3/h29H,6-28H2,1-5H3. The molecule has 0 aliphatic heterocycles. The minimum atomic E-state index is 0.408. The maximum atomic E-state index is 2.74. The molecule has 1 aliphatic rings. The molecule has 0 atom stereocenters. The highest BCUT2D eigenvalue weighted by Gasteiger charge is 2.36. The molecule has 0 N–H and O–H groups in total. The van der Waals surface area contributed by atoms with E-state index < -0.39 is 0 Å². The molecule has 0 aromatic heterocycles. The van der Waals surface area contributed by atoms with E-state index in [-0.39, 0.29) is 0 Å². The summed E-state index contributed by atoms with van der Waals surface area (Å²) in [5, 5.41) is 0. The molecule has 1 aliphatic carbocycles. The van der Waals surface area contributed by atoms with Gasteiger partial charge in [0.15, 0.2) is 0 Å². The smallest absolute Gasteiger partial charge is 0.0102 e. The van der Waals surface area contributed by atoms with Gasteiger partial charge in [0.25, 0.3) is 0 Å². The highest BCUT2D eigenvalue weighted by atomic mass is 14.4. The maximum absolute atomic E-state index is 2.74. The molecule has 194 valence electrons. The van der Waals surface area contributed by atoms with Crippen LogP contribution in [0.15, 0.2) is 22.8 Å². The summed E-state index contributed by atoms with van der Waals surface area (Å²) >= 11 is 0. The van der Waals surface area contributed by atoms with Gasteiger partial charge in [0.05, 0.1) is 0 Å². The van der Waals surface area contributed by atoms with E-state index in [1.165, 1.54) is 148 Å². The summed E-state index contributed by atoms with van der Waals surface area (Å²) in [6, 6.07) is 0. The predicted octanol–water partition coefficient (Wildman–Crippen LogP) is 12.3. The highest BCUT2D eigenvalue weighted by Crippen LogP contribution is 2.50. The van der Waals surface area contributed by atoms with Gasteiger partial charge in [0.2, 0.25) is 0 Å². The Labute approximate surface area is 210 Å². The number of hydrogen-bond donors (Lipinski definition) is 0. The molecule has 0 aromatic rings. The lowest BCUT2D eigenvalue weighted by Crippen LogP contribution is -2.20. The van der Waals surface area contributed by atoms with Crippen LogP contribution < -0.4 is 0 Å². The Morgan fingerprint density at radius 3 is 1.27 bits per heavy atom. The van der Waals surface area contributed by atoms with Crippen LogP contribution in [-0.4, -0.2) is 0 Å². The van der Waals surface area contributed by atoms with E-state index in [4.69, 9.17) is 0 Å². The molecule has 1 rings (SSSR count). The fourth-order valence-electron chi connectivity index (χ4n) is 6.11. The number of allylic oxidation sites excluding steroid dienone is 4. The minimum absolute atomic E-state index is 0.408. The Balaban J connectivity index is 2.62. The molecule has 0 bridgehead atoms. The van der Waals surface area contributed by atoms with Gasteiger partial charge in [-0.15, -0.1) is 0 Å². The van der Waals surface area contributed by atoms with E-state index in [1.54, 1.807) is 11.1 Å². The average Bonchev–Trinajstić information content (AvgIpc) is 3.04. The van der Waals surface area contributed by atoms with E-state index in [0.717, 1.165) is 0 Å². The van der Waals surface area contributed by atoms with Crippen LogP contribution in [0.25, 0.3) is 0 Å². The van der Waals surface area contributed by atoms with E-state index >= 15 is 0 Å². The zero-order chi connectivity index (χ0) is 24.2. The van der Waals surface area contributed by atoms with Crippen molar-refractivity contribution >= 4 is 0 Å². The van der Waals surface area contributed by atoms with Gasteiger partial charge in [-0.1, -0.05) is 160 Å². The van der Waals surface area contributed by atoms with E-state index in [0.29, 0.717) is 5.41 Å². The van der Waals surface area contributed by atoms with Crippen LogP contribution in [0.2, 0.25) is 0 Å². The first kappa shape index (κ1) is 30.5. The van der Waals surface area contributed by atoms with Crippen LogP contribution in [0, 0.1) is 5.41 Å².